The van der Waals surface area contributed by atoms with Gasteiger partial charge < -0.3 is 15.4 Å². The number of guanidine groups is 1. The van der Waals surface area contributed by atoms with Gasteiger partial charge in [0.2, 0.25) is 10.0 Å². The number of hydrogen-bond donors (Lipinski definition) is 3. The smallest absolute Gasteiger partial charge is 0.213 e. The van der Waals surface area contributed by atoms with Gasteiger partial charge in [-0.1, -0.05) is 0 Å². The summed E-state index contributed by atoms with van der Waals surface area (Å²) in [5, 5.41) is 10.6. The first-order chi connectivity index (χ1) is 12.8. The van der Waals surface area contributed by atoms with Crippen molar-refractivity contribution >= 4 is 40.0 Å². The van der Waals surface area contributed by atoms with Gasteiger partial charge in [0.1, 0.15) is 0 Å². The predicted molar refractivity (Wildman–Crippen MR) is 122 cm³/mol. The zero-order valence-corrected chi connectivity index (χ0v) is 20.3. The third kappa shape index (κ3) is 7.84. The second-order valence-corrected chi connectivity index (χ2v) is 8.71. The molecule has 0 amide bonds. The molecule has 0 bridgehead atoms. The van der Waals surface area contributed by atoms with Crippen molar-refractivity contribution in [3.8, 4) is 0 Å². The molecule has 1 fully saturated rings. The Morgan fingerprint density at radius 1 is 1.32 bits per heavy atom. The number of nitrogens with one attached hydrogen (secondary N) is 3. The van der Waals surface area contributed by atoms with E-state index in [1.54, 1.807) is 7.05 Å². The van der Waals surface area contributed by atoms with E-state index >= 15 is 0 Å². The number of ether oxygens (including phenoxy) is 1. The molecule has 1 atom stereocenters. The first-order valence-corrected chi connectivity index (χ1v) is 11.0. The predicted octanol–water partition coefficient (Wildman–Crippen LogP) is 0.808. The van der Waals surface area contributed by atoms with Crippen LogP contribution in [0.15, 0.2) is 4.99 Å². The van der Waals surface area contributed by atoms with Crippen molar-refractivity contribution in [3.05, 3.63) is 17.0 Å². The number of hydrogen-bond acceptors (Lipinski definition) is 5. The summed E-state index contributed by atoms with van der Waals surface area (Å²) in [6, 6.07) is 0. The zero-order chi connectivity index (χ0) is 19.9. The minimum atomic E-state index is -3.35. The molecule has 2 heterocycles. The molecule has 0 saturated carbocycles. The van der Waals surface area contributed by atoms with Crippen LogP contribution in [-0.2, 0) is 28.4 Å². The number of sulfonamides is 1. The van der Waals surface area contributed by atoms with Gasteiger partial charge in [0.15, 0.2) is 5.96 Å². The van der Waals surface area contributed by atoms with Crippen molar-refractivity contribution in [3.63, 3.8) is 0 Å². The van der Waals surface area contributed by atoms with Crippen LogP contribution in [0.5, 0.6) is 0 Å². The summed E-state index contributed by atoms with van der Waals surface area (Å²) in [6.45, 7) is 5.89. The number of aromatic nitrogens is 2. The highest BCUT2D eigenvalue weighted by molar-refractivity contribution is 14.0. The Hall–Kier alpha value is -0.920. The lowest BCUT2D eigenvalue weighted by Crippen LogP contribution is -2.42. The van der Waals surface area contributed by atoms with Crippen molar-refractivity contribution in [2.24, 2.45) is 12.0 Å². The Bertz CT molecular complexity index is 744. The van der Waals surface area contributed by atoms with Gasteiger partial charge in [-0.3, -0.25) is 9.67 Å². The van der Waals surface area contributed by atoms with Crippen LogP contribution in [0.4, 0.5) is 0 Å². The summed E-state index contributed by atoms with van der Waals surface area (Å²) < 4.78 is 34.3. The molecular weight excluding hydrogens is 495 g/mol. The van der Waals surface area contributed by atoms with Gasteiger partial charge in [-0.2, -0.15) is 5.10 Å². The Labute approximate surface area is 185 Å². The summed E-state index contributed by atoms with van der Waals surface area (Å²) in [5.41, 5.74) is 3.17. The highest BCUT2D eigenvalue weighted by Crippen LogP contribution is 2.12. The van der Waals surface area contributed by atoms with E-state index in [0.29, 0.717) is 25.7 Å². The zero-order valence-electron chi connectivity index (χ0n) is 17.1. The van der Waals surface area contributed by atoms with Gasteiger partial charge in [0.05, 0.1) is 17.6 Å². The first kappa shape index (κ1) is 25.1. The Balaban J connectivity index is 0.00000392. The molecule has 0 spiro atoms. The van der Waals surface area contributed by atoms with Crippen LogP contribution < -0.4 is 15.4 Å². The van der Waals surface area contributed by atoms with Crippen LogP contribution >= 0.6 is 24.0 Å². The van der Waals surface area contributed by atoms with Crippen molar-refractivity contribution in [1.29, 1.82) is 0 Å². The molecule has 0 aromatic carbocycles. The molecule has 1 saturated heterocycles. The van der Waals surface area contributed by atoms with E-state index in [9.17, 15) is 8.42 Å². The summed E-state index contributed by atoms with van der Waals surface area (Å²) in [4.78, 5) is 4.14. The Morgan fingerprint density at radius 2 is 2.07 bits per heavy atom. The molecular formula is C17H33IN6O3S. The van der Waals surface area contributed by atoms with Gasteiger partial charge in [-0.05, 0) is 33.1 Å². The van der Waals surface area contributed by atoms with Crippen LogP contribution in [0.3, 0.4) is 0 Å². The standard InChI is InChI=1S/C17H32N6O3S.HI/c1-13-16(14(2)23(4)22-13)12-20-17(18-3)19-8-10-27(24,25)21-11-15-7-5-6-9-26-15;/h15,21H,5-12H2,1-4H3,(H2,18,19,20);1H. The third-order valence-corrected chi connectivity index (χ3v) is 6.13. The van der Waals surface area contributed by atoms with E-state index < -0.39 is 10.0 Å². The molecule has 11 heteroatoms. The molecule has 0 radical (unpaired) electrons. The number of aryl methyl sites for hydroxylation is 2. The third-order valence-electron chi connectivity index (χ3n) is 4.78. The maximum Gasteiger partial charge on any atom is 0.213 e. The lowest BCUT2D eigenvalue weighted by atomic mass is 10.1. The van der Waals surface area contributed by atoms with Crippen LogP contribution in [-0.4, -0.2) is 62.8 Å². The van der Waals surface area contributed by atoms with Crippen LogP contribution in [0.1, 0.15) is 36.2 Å². The average Bonchev–Trinajstić information content (AvgIpc) is 2.89. The summed E-state index contributed by atoms with van der Waals surface area (Å²) in [5.74, 6) is 0.536. The fourth-order valence-corrected chi connectivity index (χ4v) is 3.99. The molecule has 1 aromatic rings. The highest BCUT2D eigenvalue weighted by Gasteiger charge is 2.17. The van der Waals surface area contributed by atoms with Crippen molar-refractivity contribution in [2.75, 3.05) is 32.5 Å². The van der Waals surface area contributed by atoms with E-state index in [2.05, 4.69) is 25.4 Å². The molecule has 1 aliphatic heterocycles. The topological polar surface area (TPSA) is 110 Å². The van der Waals surface area contributed by atoms with Gasteiger partial charge in [0.25, 0.3) is 0 Å². The maximum absolute atomic E-state index is 12.1. The molecule has 28 heavy (non-hydrogen) atoms. The minimum Gasteiger partial charge on any atom is -0.377 e. The van der Waals surface area contributed by atoms with Crippen LogP contribution in [0.25, 0.3) is 0 Å². The van der Waals surface area contributed by atoms with Gasteiger partial charge in [-0.15, -0.1) is 24.0 Å². The van der Waals surface area contributed by atoms with Crippen LogP contribution in [0.2, 0.25) is 0 Å². The van der Waals surface area contributed by atoms with Gasteiger partial charge in [-0.25, -0.2) is 13.1 Å². The largest absolute Gasteiger partial charge is 0.377 e. The van der Waals surface area contributed by atoms with E-state index in [1.807, 2.05) is 25.6 Å². The average molecular weight is 528 g/mol. The molecule has 2 rings (SSSR count). The first-order valence-electron chi connectivity index (χ1n) is 9.35. The second kappa shape index (κ2) is 11.9. The van der Waals surface area contributed by atoms with Gasteiger partial charge in [0, 0.05) is 51.6 Å². The van der Waals surface area contributed by atoms with E-state index in [0.717, 1.165) is 36.2 Å². The highest BCUT2D eigenvalue weighted by atomic mass is 127. The molecule has 1 aromatic heterocycles. The van der Waals surface area contributed by atoms with Crippen molar-refractivity contribution in [1.82, 2.24) is 25.1 Å². The number of halogens is 1. The minimum absolute atomic E-state index is 0. The van der Waals surface area contributed by atoms with Crippen molar-refractivity contribution in [2.45, 2.75) is 45.8 Å². The number of aliphatic imine (C=N–C) groups is 1. The lowest BCUT2D eigenvalue weighted by molar-refractivity contribution is 0.0200. The molecule has 1 unspecified atom stereocenters. The fourth-order valence-electron chi connectivity index (χ4n) is 3.03. The van der Waals surface area contributed by atoms with Gasteiger partial charge >= 0.3 is 0 Å². The molecule has 0 aliphatic carbocycles. The quantitative estimate of drug-likeness (QED) is 0.262. The molecule has 3 N–H and O–H groups in total. The Kier molecular flexibility index (Phi) is 10.7. The van der Waals surface area contributed by atoms with E-state index in [-0.39, 0.29) is 42.4 Å². The summed E-state index contributed by atoms with van der Waals surface area (Å²) in [6.07, 6.45) is 3.04. The normalized spacial score (nSPS) is 17.9. The number of rotatable bonds is 8. The summed E-state index contributed by atoms with van der Waals surface area (Å²) in [7, 11) is 0.219. The van der Waals surface area contributed by atoms with Crippen LogP contribution in [0, 0.1) is 13.8 Å². The summed E-state index contributed by atoms with van der Waals surface area (Å²) >= 11 is 0. The number of nitrogens with zero attached hydrogens (tertiary/aromatic N) is 3. The Morgan fingerprint density at radius 3 is 2.64 bits per heavy atom. The molecule has 9 nitrogen and oxygen atoms in total. The lowest BCUT2D eigenvalue weighted by Gasteiger charge is -2.22. The molecule has 162 valence electrons. The second-order valence-electron chi connectivity index (χ2n) is 6.78. The molecule has 1 aliphatic rings. The fraction of sp³-hybridized carbons (Fsp3) is 0.765. The maximum atomic E-state index is 12.1. The monoisotopic (exact) mass is 528 g/mol. The van der Waals surface area contributed by atoms with E-state index in [1.165, 1.54) is 0 Å². The SMILES string of the molecule is CN=C(NCCS(=O)(=O)NCC1CCCCO1)NCc1c(C)nn(C)c1C.I. The van der Waals surface area contributed by atoms with E-state index in [4.69, 9.17) is 4.74 Å². The van der Waals surface area contributed by atoms with Crippen molar-refractivity contribution < 1.29 is 13.2 Å².